The number of nitrogens with zero attached hydrogens (tertiary/aromatic N) is 1. The Kier molecular flexibility index (Phi) is 6.03. The summed E-state index contributed by atoms with van der Waals surface area (Å²) in [5.74, 6) is -0.488. The van der Waals surface area contributed by atoms with Crippen molar-refractivity contribution in [1.82, 2.24) is 5.32 Å². The van der Waals surface area contributed by atoms with Crippen LogP contribution in [0.3, 0.4) is 0 Å². The molecule has 0 aromatic heterocycles. The van der Waals surface area contributed by atoms with Gasteiger partial charge in [-0.2, -0.15) is 0 Å². The van der Waals surface area contributed by atoms with Crippen LogP contribution in [0, 0.1) is 6.92 Å². The van der Waals surface area contributed by atoms with Crippen molar-refractivity contribution in [1.29, 1.82) is 0 Å². The summed E-state index contributed by atoms with van der Waals surface area (Å²) in [5, 5.41) is 2.21. The van der Waals surface area contributed by atoms with Crippen molar-refractivity contribution >= 4 is 45.5 Å². The lowest BCUT2D eigenvalue weighted by molar-refractivity contribution is -0.122. The van der Waals surface area contributed by atoms with Crippen LogP contribution in [0.25, 0.3) is 6.08 Å². The molecular formula is C21H19BrN2O5. The predicted octanol–water partition coefficient (Wildman–Crippen LogP) is 3.83. The first-order valence-electron chi connectivity index (χ1n) is 8.84. The van der Waals surface area contributed by atoms with E-state index in [4.69, 9.17) is 9.47 Å². The van der Waals surface area contributed by atoms with Crippen LogP contribution in [0.15, 0.2) is 46.4 Å². The number of carbonyl (C=O) groups is 3. The van der Waals surface area contributed by atoms with Crippen molar-refractivity contribution in [2.24, 2.45) is 0 Å². The van der Waals surface area contributed by atoms with E-state index in [-0.39, 0.29) is 5.57 Å². The highest BCUT2D eigenvalue weighted by Gasteiger charge is 2.36. The minimum Gasteiger partial charge on any atom is -0.493 e. The molecule has 0 unspecified atom stereocenters. The van der Waals surface area contributed by atoms with E-state index in [1.165, 1.54) is 13.2 Å². The van der Waals surface area contributed by atoms with Gasteiger partial charge in [0, 0.05) is 0 Å². The fourth-order valence-electron chi connectivity index (χ4n) is 2.93. The van der Waals surface area contributed by atoms with E-state index in [0.717, 1.165) is 10.5 Å². The van der Waals surface area contributed by atoms with Crippen LogP contribution >= 0.6 is 15.9 Å². The number of rotatable bonds is 5. The number of hydrogen-bond donors (Lipinski definition) is 1. The Morgan fingerprint density at radius 3 is 2.59 bits per heavy atom. The van der Waals surface area contributed by atoms with Gasteiger partial charge in [-0.3, -0.25) is 14.9 Å². The van der Waals surface area contributed by atoms with E-state index in [2.05, 4.69) is 21.2 Å². The summed E-state index contributed by atoms with van der Waals surface area (Å²) >= 11 is 3.42. The number of amides is 4. The number of methoxy groups -OCH3 is 1. The smallest absolute Gasteiger partial charge is 0.335 e. The quantitative estimate of drug-likeness (QED) is 0.543. The molecule has 0 bridgehead atoms. The van der Waals surface area contributed by atoms with Crippen LogP contribution in [0.1, 0.15) is 18.1 Å². The molecule has 2 aromatic rings. The van der Waals surface area contributed by atoms with Crippen LogP contribution in [0.2, 0.25) is 0 Å². The summed E-state index contributed by atoms with van der Waals surface area (Å²) in [6.07, 6.45) is 1.41. The molecule has 1 heterocycles. The molecule has 0 saturated carbocycles. The van der Waals surface area contributed by atoms with Crippen LogP contribution < -0.4 is 19.7 Å². The van der Waals surface area contributed by atoms with Gasteiger partial charge in [0.15, 0.2) is 11.5 Å². The number of nitrogens with one attached hydrogen (secondary N) is 1. The highest BCUT2D eigenvalue weighted by atomic mass is 79.9. The van der Waals surface area contributed by atoms with E-state index >= 15 is 0 Å². The van der Waals surface area contributed by atoms with Gasteiger partial charge in [0.25, 0.3) is 11.8 Å². The molecule has 0 aliphatic carbocycles. The van der Waals surface area contributed by atoms with Gasteiger partial charge >= 0.3 is 6.03 Å². The van der Waals surface area contributed by atoms with Crippen molar-refractivity contribution in [3.63, 3.8) is 0 Å². The Hall–Kier alpha value is -3.13. The third-order valence-electron chi connectivity index (χ3n) is 4.21. The SMILES string of the molecule is CCOc1c(Br)cc(/C=C2\C(=O)NC(=O)N(c3cccc(C)c3)C2=O)cc1OC. The van der Waals surface area contributed by atoms with Gasteiger partial charge in [-0.05, 0) is 71.2 Å². The normalized spacial score (nSPS) is 15.5. The molecule has 0 atom stereocenters. The lowest BCUT2D eigenvalue weighted by Crippen LogP contribution is -2.54. The van der Waals surface area contributed by atoms with Crippen molar-refractivity contribution in [3.05, 3.63) is 57.6 Å². The molecule has 8 heteroatoms. The molecule has 7 nitrogen and oxygen atoms in total. The first-order chi connectivity index (χ1) is 13.8. The number of carbonyl (C=O) groups excluding carboxylic acids is 3. The molecule has 2 aromatic carbocycles. The number of urea groups is 1. The summed E-state index contributed by atoms with van der Waals surface area (Å²) in [4.78, 5) is 38.6. The van der Waals surface area contributed by atoms with Crippen molar-refractivity contribution in [3.8, 4) is 11.5 Å². The van der Waals surface area contributed by atoms with Gasteiger partial charge in [0.1, 0.15) is 5.57 Å². The van der Waals surface area contributed by atoms with E-state index in [0.29, 0.717) is 33.8 Å². The first kappa shape index (κ1) is 20.6. The lowest BCUT2D eigenvalue weighted by atomic mass is 10.1. The van der Waals surface area contributed by atoms with E-state index in [1.54, 1.807) is 30.3 Å². The third-order valence-corrected chi connectivity index (χ3v) is 4.80. The Bertz CT molecular complexity index is 1030. The Balaban J connectivity index is 2.04. The maximum absolute atomic E-state index is 13.0. The monoisotopic (exact) mass is 458 g/mol. The highest BCUT2D eigenvalue weighted by Crippen LogP contribution is 2.37. The average Bonchev–Trinajstić information content (AvgIpc) is 2.67. The molecule has 150 valence electrons. The topological polar surface area (TPSA) is 84.9 Å². The van der Waals surface area contributed by atoms with Gasteiger partial charge in [-0.1, -0.05) is 12.1 Å². The minimum atomic E-state index is -0.784. The van der Waals surface area contributed by atoms with Crippen LogP contribution in [-0.2, 0) is 9.59 Å². The summed E-state index contributed by atoms with van der Waals surface area (Å²) < 4.78 is 11.5. The van der Waals surface area contributed by atoms with Crippen molar-refractivity contribution in [2.45, 2.75) is 13.8 Å². The number of barbiturate groups is 1. The molecule has 1 aliphatic heterocycles. The number of anilines is 1. The molecule has 1 N–H and O–H groups in total. The zero-order valence-corrected chi connectivity index (χ0v) is 17.7. The molecule has 0 radical (unpaired) electrons. The number of halogens is 1. The number of hydrogen-bond acceptors (Lipinski definition) is 5. The van der Waals surface area contributed by atoms with Crippen molar-refractivity contribution in [2.75, 3.05) is 18.6 Å². The summed E-state index contributed by atoms with van der Waals surface area (Å²) in [7, 11) is 1.50. The van der Waals surface area contributed by atoms with Crippen molar-refractivity contribution < 1.29 is 23.9 Å². The molecule has 1 saturated heterocycles. The van der Waals surface area contributed by atoms with Crippen LogP contribution in [0.4, 0.5) is 10.5 Å². The fraction of sp³-hybridized carbons (Fsp3) is 0.190. The maximum Gasteiger partial charge on any atom is 0.335 e. The minimum absolute atomic E-state index is 0.163. The van der Waals surface area contributed by atoms with E-state index in [9.17, 15) is 14.4 Å². The first-order valence-corrected chi connectivity index (χ1v) is 9.63. The zero-order valence-electron chi connectivity index (χ0n) is 16.1. The van der Waals surface area contributed by atoms with Crippen LogP contribution in [0.5, 0.6) is 11.5 Å². The molecule has 4 amide bonds. The highest BCUT2D eigenvalue weighted by molar-refractivity contribution is 9.10. The molecule has 3 rings (SSSR count). The Morgan fingerprint density at radius 1 is 1.17 bits per heavy atom. The lowest BCUT2D eigenvalue weighted by Gasteiger charge is -2.26. The molecule has 1 fully saturated rings. The average molecular weight is 459 g/mol. The maximum atomic E-state index is 13.0. The third kappa shape index (κ3) is 4.17. The number of imide groups is 2. The molecule has 29 heavy (non-hydrogen) atoms. The number of benzene rings is 2. The summed E-state index contributed by atoms with van der Waals surface area (Å²) in [6.45, 7) is 4.15. The predicted molar refractivity (Wildman–Crippen MR) is 112 cm³/mol. The van der Waals surface area contributed by atoms with Crippen LogP contribution in [-0.4, -0.2) is 31.6 Å². The zero-order chi connectivity index (χ0) is 21.1. The second kappa shape index (κ2) is 8.48. The molecular weight excluding hydrogens is 440 g/mol. The summed E-state index contributed by atoms with van der Waals surface area (Å²) in [5.41, 5.74) is 1.64. The van der Waals surface area contributed by atoms with Gasteiger partial charge in [-0.25, -0.2) is 9.69 Å². The Morgan fingerprint density at radius 2 is 1.93 bits per heavy atom. The van der Waals surface area contributed by atoms with E-state index in [1.807, 2.05) is 19.9 Å². The molecule has 0 spiro atoms. The van der Waals surface area contributed by atoms with Gasteiger partial charge in [-0.15, -0.1) is 0 Å². The number of ether oxygens (including phenoxy) is 2. The standard InChI is InChI=1S/C21H19BrN2O5/c1-4-29-18-16(22)10-13(11-17(18)28-3)9-15-19(25)23-21(27)24(20(15)26)14-7-5-6-12(2)8-14/h5-11H,4H2,1-3H3,(H,23,25,27)/b15-9+. The number of aryl methyl sites for hydroxylation is 1. The summed E-state index contributed by atoms with van der Waals surface area (Å²) in [6, 6.07) is 9.48. The molecule has 1 aliphatic rings. The van der Waals surface area contributed by atoms with Gasteiger partial charge in [0.05, 0.1) is 23.9 Å². The Labute approximate surface area is 176 Å². The van der Waals surface area contributed by atoms with Gasteiger partial charge < -0.3 is 9.47 Å². The van der Waals surface area contributed by atoms with Gasteiger partial charge in [0.2, 0.25) is 0 Å². The largest absolute Gasteiger partial charge is 0.493 e. The fourth-order valence-corrected chi connectivity index (χ4v) is 3.51. The second-order valence-corrected chi connectivity index (χ2v) is 7.12. The van der Waals surface area contributed by atoms with E-state index < -0.39 is 17.8 Å². The second-order valence-electron chi connectivity index (χ2n) is 6.26.